The molecule has 4 rings (SSSR count). The molecule has 3 aliphatic heterocycles. The van der Waals surface area contributed by atoms with Crippen LogP contribution in [0.3, 0.4) is 0 Å². The Labute approximate surface area is 105 Å². The molecule has 92 valence electrons. The maximum Gasteiger partial charge on any atom is 0.310 e. The molecule has 4 heterocycles. The first-order valence-corrected chi connectivity index (χ1v) is 7.18. The van der Waals surface area contributed by atoms with Gasteiger partial charge in [0.2, 0.25) is 0 Å². The van der Waals surface area contributed by atoms with Crippen molar-refractivity contribution in [3.63, 3.8) is 0 Å². The SMILES string of the molecule is O=C(Cc1ccsc1)OC1CN2CCC1CC2. The van der Waals surface area contributed by atoms with E-state index in [1.54, 1.807) is 11.3 Å². The van der Waals surface area contributed by atoms with E-state index in [1.807, 2.05) is 16.8 Å². The van der Waals surface area contributed by atoms with Crippen LogP contribution in [0.4, 0.5) is 0 Å². The van der Waals surface area contributed by atoms with Crippen molar-refractivity contribution in [2.45, 2.75) is 25.4 Å². The molecular weight excluding hydrogens is 234 g/mol. The van der Waals surface area contributed by atoms with E-state index in [9.17, 15) is 4.79 Å². The van der Waals surface area contributed by atoms with E-state index in [4.69, 9.17) is 4.74 Å². The molecule has 3 nitrogen and oxygen atoms in total. The van der Waals surface area contributed by atoms with Crippen LogP contribution in [0.5, 0.6) is 0 Å². The van der Waals surface area contributed by atoms with Crippen molar-refractivity contribution >= 4 is 17.3 Å². The van der Waals surface area contributed by atoms with E-state index >= 15 is 0 Å². The molecule has 0 spiro atoms. The number of fused-ring (bicyclic) bond motifs is 3. The smallest absolute Gasteiger partial charge is 0.310 e. The molecule has 3 saturated heterocycles. The van der Waals surface area contributed by atoms with Gasteiger partial charge in [-0.25, -0.2) is 0 Å². The van der Waals surface area contributed by atoms with Crippen LogP contribution < -0.4 is 0 Å². The Morgan fingerprint density at radius 1 is 1.47 bits per heavy atom. The number of nitrogens with zero attached hydrogens (tertiary/aromatic N) is 1. The van der Waals surface area contributed by atoms with Crippen LogP contribution in [-0.2, 0) is 16.0 Å². The molecular formula is C13H17NO2S. The Bertz CT molecular complexity index is 382. The minimum absolute atomic E-state index is 0.0675. The highest BCUT2D eigenvalue weighted by atomic mass is 32.1. The summed E-state index contributed by atoms with van der Waals surface area (Å²) in [5, 5.41) is 4.01. The second kappa shape index (κ2) is 4.78. The van der Waals surface area contributed by atoms with Crippen LogP contribution in [0, 0.1) is 5.92 Å². The maximum atomic E-state index is 11.8. The molecule has 3 fully saturated rings. The van der Waals surface area contributed by atoms with Gasteiger partial charge in [-0.05, 0) is 54.2 Å². The number of thiophene rings is 1. The summed E-state index contributed by atoms with van der Waals surface area (Å²) in [5.41, 5.74) is 1.07. The van der Waals surface area contributed by atoms with E-state index in [0.29, 0.717) is 12.3 Å². The first-order valence-electron chi connectivity index (χ1n) is 6.24. The molecule has 1 atom stereocenters. The standard InChI is InChI=1S/C13H17NO2S/c15-13(7-10-3-6-17-9-10)16-12-8-14-4-1-11(12)2-5-14/h3,6,9,11-12H,1-2,4-5,7-8H2. The third-order valence-corrected chi connectivity index (χ3v) is 4.54. The maximum absolute atomic E-state index is 11.8. The topological polar surface area (TPSA) is 29.5 Å². The minimum Gasteiger partial charge on any atom is -0.460 e. The average molecular weight is 251 g/mol. The van der Waals surface area contributed by atoms with Crippen molar-refractivity contribution in [2.75, 3.05) is 19.6 Å². The summed E-state index contributed by atoms with van der Waals surface area (Å²) in [6.45, 7) is 3.31. The summed E-state index contributed by atoms with van der Waals surface area (Å²) in [6.07, 6.45) is 2.95. The quantitative estimate of drug-likeness (QED) is 0.769. The van der Waals surface area contributed by atoms with Gasteiger partial charge in [0.25, 0.3) is 0 Å². The van der Waals surface area contributed by atoms with Crippen molar-refractivity contribution in [1.82, 2.24) is 4.90 Å². The summed E-state index contributed by atoms with van der Waals surface area (Å²) in [7, 11) is 0. The zero-order valence-corrected chi connectivity index (χ0v) is 10.6. The first kappa shape index (κ1) is 11.2. The molecule has 0 saturated carbocycles. The van der Waals surface area contributed by atoms with Crippen LogP contribution in [-0.4, -0.2) is 36.6 Å². The number of rotatable bonds is 3. The van der Waals surface area contributed by atoms with Crippen molar-refractivity contribution in [1.29, 1.82) is 0 Å². The van der Waals surface area contributed by atoms with Crippen molar-refractivity contribution in [2.24, 2.45) is 5.92 Å². The molecule has 1 aromatic heterocycles. The van der Waals surface area contributed by atoms with Crippen molar-refractivity contribution in [3.05, 3.63) is 22.4 Å². The molecule has 0 aromatic carbocycles. The predicted molar refractivity (Wildman–Crippen MR) is 67.1 cm³/mol. The van der Waals surface area contributed by atoms with Gasteiger partial charge < -0.3 is 4.74 Å². The number of ether oxygens (including phenoxy) is 1. The zero-order chi connectivity index (χ0) is 11.7. The summed E-state index contributed by atoms with van der Waals surface area (Å²) in [6, 6.07) is 1.99. The fourth-order valence-electron chi connectivity index (χ4n) is 2.81. The molecule has 0 N–H and O–H groups in total. The number of esters is 1. The fraction of sp³-hybridized carbons (Fsp3) is 0.615. The lowest BCUT2D eigenvalue weighted by atomic mass is 9.86. The van der Waals surface area contributed by atoms with Gasteiger partial charge in [-0.2, -0.15) is 11.3 Å². The van der Waals surface area contributed by atoms with Crippen molar-refractivity contribution in [3.8, 4) is 0 Å². The van der Waals surface area contributed by atoms with Crippen LogP contribution in [0.15, 0.2) is 16.8 Å². The lowest BCUT2D eigenvalue weighted by Crippen LogP contribution is -2.52. The highest BCUT2D eigenvalue weighted by Gasteiger charge is 2.36. The summed E-state index contributed by atoms with van der Waals surface area (Å²) < 4.78 is 5.62. The van der Waals surface area contributed by atoms with Gasteiger partial charge in [-0.1, -0.05) is 0 Å². The molecule has 1 aromatic rings. The summed E-state index contributed by atoms with van der Waals surface area (Å²) in [4.78, 5) is 14.2. The second-order valence-corrected chi connectivity index (χ2v) is 5.75. The highest BCUT2D eigenvalue weighted by Crippen LogP contribution is 2.29. The van der Waals surface area contributed by atoms with E-state index in [0.717, 1.165) is 12.1 Å². The largest absolute Gasteiger partial charge is 0.460 e. The number of hydrogen-bond acceptors (Lipinski definition) is 4. The van der Waals surface area contributed by atoms with Gasteiger partial charge in [0.15, 0.2) is 0 Å². The van der Waals surface area contributed by atoms with Gasteiger partial charge >= 0.3 is 5.97 Å². The molecule has 3 aliphatic rings. The summed E-state index contributed by atoms with van der Waals surface area (Å²) >= 11 is 1.62. The van der Waals surface area contributed by atoms with Crippen LogP contribution in [0.1, 0.15) is 18.4 Å². The monoisotopic (exact) mass is 251 g/mol. The average Bonchev–Trinajstić information content (AvgIpc) is 2.83. The Balaban J connectivity index is 1.55. The number of hydrogen-bond donors (Lipinski definition) is 0. The van der Waals surface area contributed by atoms with Crippen molar-refractivity contribution < 1.29 is 9.53 Å². The van der Waals surface area contributed by atoms with Gasteiger partial charge in [0.1, 0.15) is 6.10 Å². The minimum atomic E-state index is -0.0675. The number of piperidine rings is 3. The predicted octanol–water partition coefficient (Wildman–Crippen LogP) is 1.93. The van der Waals surface area contributed by atoms with Gasteiger partial charge in [0.05, 0.1) is 6.42 Å². The normalized spacial score (nSPS) is 31.4. The molecule has 0 aliphatic carbocycles. The molecule has 0 radical (unpaired) electrons. The first-order chi connectivity index (χ1) is 8.31. The molecule has 17 heavy (non-hydrogen) atoms. The van der Waals surface area contributed by atoms with E-state index in [2.05, 4.69) is 4.90 Å². The molecule has 0 amide bonds. The third kappa shape index (κ3) is 2.53. The summed E-state index contributed by atoms with van der Waals surface area (Å²) in [5.74, 6) is 0.536. The van der Waals surface area contributed by atoms with E-state index < -0.39 is 0 Å². The van der Waals surface area contributed by atoms with Gasteiger partial charge in [-0.15, -0.1) is 0 Å². The Hall–Kier alpha value is -0.870. The Morgan fingerprint density at radius 2 is 2.29 bits per heavy atom. The van der Waals surface area contributed by atoms with Gasteiger partial charge in [0, 0.05) is 6.54 Å². The van der Waals surface area contributed by atoms with E-state index in [1.165, 1.54) is 25.9 Å². The van der Waals surface area contributed by atoms with Gasteiger partial charge in [-0.3, -0.25) is 9.69 Å². The number of carbonyl (C=O) groups excluding carboxylic acids is 1. The fourth-order valence-corrected chi connectivity index (χ4v) is 3.48. The Kier molecular flexibility index (Phi) is 3.16. The second-order valence-electron chi connectivity index (χ2n) is 4.97. The zero-order valence-electron chi connectivity index (χ0n) is 9.80. The van der Waals surface area contributed by atoms with Crippen LogP contribution in [0.2, 0.25) is 0 Å². The van der Waals surface area contributed by atoms with E-state index in [-0.39, 0.29) is 12.1 Å². The molecule has 1 unspecified atom stereocenters. The number of carbonyl (C=O) groups is 1. The van der Waals surface area contributed by atoms with Crippen LogP contribution >= 0.6 is 11.3 Å². The lowest BCUT2D eigenvalue weighted by Gasteiger charge is -2.43. The molecule has 4 heteroatoms. The molecule has 2 bridgehead atoms. The third-order valence-electron chi connectivity index (χ3n) is 3.81. The van der Waals surface area contributed by atoms with Crippen LogP contribution in [0.25, 0.3) is 0 Å². The lowest BCUT2D eigenvalue weighted by molar-refractivity contribution is -0.157. The Morgan fingerprint density at radius 3 is 2.88 bits per heavy atom. The highest BCUT2D eigenvalue weighted by molar-refractivity contribution is 7.07.